The first kappa shape index (κ1) is 14.7. The average molecular weight is 258 g/mol. The Hall–Kier alpha value is -0.360. The molecule has 102 valence electrons. The highest BCUT2D eigenvalue weighted by molar-refractivity contribution is 5.03. The van der Waals surface area contributed by atoms with Gasteiger partial charge in [0.2, 0.25) is 0 Å². The molecule has 0 aromatic carbocycles. The second-order valence-electron chi connectivity index (χ2n) is 5.91. The maximum atomic E-state index is 14.2. The molecule has 1 aliphatic rings. The highest BCUT2D eigenvalue weighted by Crippen LogP contribution is 2.48. The van der Waals surface area contributed by atoms with Gasteiger partial charge in [-0.2, -0.15) is 13.2 Å². The van der Waals surface area contributed by atoms with Crippen LogP contribution in [0.25, 0.3) is 0 Å². The number of hydrogen-bond donors (Lipinski definition) is 0. The molecule has 1 aliphatic heterocycles. The minimum atomic E-state index is -5.01. The van der Waals surface area contributed by atoms with Gasteiger partial charge >= 0.3 is 6.18 Å². The van der Waals surface area contributed by atoms with E-state index in [9.17, 15) is 17.6 Å². The molecule has 1 heterocycles. The van der Waals surface area contributed by atoms with Crippen molar-refractivity contribution in [2.45, 2.75) is 58.4 Å². The van der Waals surface area contributed by atoms with Crippen LogP contribution in [0.1, 0.15) is 34.6 Å². The van der Waals surface area contributed by atoms with Crippen molar-refractivity contribution in [1.29, 1.82) is 0 Å². The lowest BCUT2D eigenvalue weighted by Crippen LogP contribution is -2.65. The van der Waals surface area contributed by atoms with Crippen LogP contribution in [0, 0.1) is 5.41 Å². The Labute approximate surface area is 98.3 Å². The van der Waals surface area contributed by atoms with E-state index in [0.29, 0.717) is 0 Å². The van der Waals surface area contributed by atoms with E-state index < -0.39 is 35.8 Å². The highest BCUT2D eigenvalue weighted by Gasteiger charge is 2.67. The summed E-state index contributed by atoms with van der Waals surface area (Å²) in [6, 6.07) is 0. The van der Waals surface area contributed by atoms with Crippen LogP contribution in [0.2, 0.25) is 0 Å². The van der Waals surface area contributed by atoms with E-state index in [1.165, 1.54) is 34.6 Å². The zero-order valence-corrected chi connectivity index (χ0v) is 10.6. The van der Waals surface area contributed by atoms with Crippen molar-refractivity contribution in [1.82, 2.24) is 0 Å². The highest BCUT2D eigenvalue weighted by atomic mass is 19.4. The number of hydrogen-bond acceptors (Lipinski definition) is 2. The standard InChI is InChI=1S/C11H18F4O2/c1-8(2,3)7-10(12,11(13,14)15)6-16-9(4,5)17-7/h7H,6H2,1-5H3/t7-,10+/m1/s1. The van der Waals surface area contributed by atoms with Crippen molar-refractivity contribution in [2.24, 2.45) is 5.41 Å². The molecule has 0 aliphatic carbocycles. The lowest BCUT2D eigenvalue weighted by molar-refractivity contribution is -0.389. The Morgan fingerprint density at radius 2 is 1.59 bits per heavy atom. The Morgan fingerprint density at radius 1 is 1.12 bits per heavy atom. The van der Waals surface area contributed by atoms with Gasteiger partial charge in [-0.3, -0.25) is 0 Å². The maximum absolute atomic E-state index is 14.2. The smallest absolute Gasteiger partial charge is 0.347 e. The SMILES string of the molecule is CC1(C)OC[C@@](F)(C(F)(F)F)[C@@H](C(C)(C)C)O1. The quantitative estimate of drug-likeness (QED) is 0.619. The molecule has 0 amide bonds. The molecule has 17 heavy (non-hydrogen) atoms. The second-order valence-corrected chi connectivity index (χ2v) is 5.91. The van der Waals surface area contributed by atoms with Crippen LogP contribution in [-0.4, -0.2) is 30.3 Å². The number of rotatable bonds is 0. The summed E-state index contributed by atoms with van der Waals surface area (Å²) < 4.78 is 62.7. The zero-order valence-electron chi connectivity index (χ0n) is 10.6. The lowest BCUT2D eigenvalue weighted by Gasteiger charge is -2.49. The first-order valence-electron chi connectivity index (χ1n) is 5.37. The van der Waals surface area contributed by atoms with Gasteiger partial charge in [-0.15, -0.1) is 0 Å². The summed E-state index contributed by atoms with van der Waals surface area (Å²) >= 11 is 0. The molecule has 0 N–H and O–H groups in total. The predicted molar refractivity (Wildman–Crippen MR) is 54.3 cm³/mol. The largest absolute Gasteiger partial charge is 0.427 e. The van der Waals surface area contributed by atoms with Crippen molar-refractivity contribution >= 4 is 0 Å². The van der Waals surface area contributed by atoms with Gasteiger partial charge in [0.15, 0.2) is 5.79 Å². The van der Waals surface area contributed by atoms with Gasteiger partial charge in [0.1, 0.15) is 6.10 Å². The molecule has 2 nitrogen and oxygen atoms in total. The molecule has 0 bridgehead atoms. The van der Waals surface area contributed by atoms with Crippen LogP contribution >= 0.6 is 0 Å². The fourth-order valence-electron chi connectivity index (χ4n) is 1.86. The zero-order chi connectivity index (χ0) is 13.7. The third kappa shape index (κ3) is 2.73. The Morgan fingerprint density at radius 3 is 1.94 bits per heavy atom. The summed E-state index contributed by atoms with van der Waals surface area (Å²) in [5.74, 6) is -1.21. The van der Waals surface area contributed by atoms with E-state index in [0.717, 1.165) is 0 Å². The summed E-state index contributed by atoms with van der Waals surface area (Å²) in [5.41, 5.74) is -4.45. The molecule has 1 saturated heterocycles. The monoisotopic (exact) mass is 258 g/mol. The third-order valence-electron chi connectivity index (χ3n) is 2.70. The third-order valence-corrected chi connectivity index (χ3v) is 2.70. The van der Waals surface area contributed by atoms with Crippen LogP contribution in [0.15, 0.2) is 0 Å². The molecular formula is C11H18F4O2. The summed E-state index contributed by atoms with van der Waals surface area (Å²) in [6.07, 6.45) is -6.61. The molecule has 6 heteroatoms. The van der Waals surface area contributed by atoms with Crippen molar-refractivity contribution in [3.8, 4) is 0 Å². The number of ether oxygens (including phenoxy) is 2. The average Bonchev–Trinajstić information content (AvgIpc) is 2.06. The predicted octanol–water partition coefficient (Wildman–Crippen LogP) is 3.45. The molecule has 0 spiro atoms. The normalized spacial score (nSPS) is 34.8. The topological polar surface area (TPSA) is 18.5 Å². The molecule has 0 aromatic heterocycles. The van der Waals surface area contributed by atoms with Crippen molar-refractivity contribution in [3.63, 3.8) is 0 Å². The van der Waals surface area contributed by atoms with Crippen LogP contribution in [0.3, 0.4) is 0 Å². The first-order valence-corrected chi connectivity index (χ1v) is 5.37. The first-order chi connectivity index (χ1) is 7.30. The van der Waals surface area contributed by atoms with Crippen LogP contribution in [0.4, 0.5) is 17.6 Å². The number of halogens is 4. The second kappa shape index (κ2) is 3.82. The van der Waals surface area contributed by atoms with Crippen molar-refractivity contribution in [3.05, 3.63) is 0 Å². The van der Waals surface area contributed by atoms with Gasteiger partial charge in [0, 0.05) is 0 Å². The van der Waals surface area contributed by atoms with Gasteiger partial charge in [0.05, 0.1) is 6.61 Å². The fourth-order valence-corrected chi connectivity index (χ4v) is 1.86. The van der Waals surface area contributed by atoms with E-state index in [4.69, 9.17) is 9.47 Å². The van der Waals surface area contributed by atoms with Crippen LogP contribution < -0.4 is 0 Å². The van der Waals surface area contributed by atoms with E-state index in [1.807, 2.05) is 0 Å². The minimum Gasteiger partial charge on any atom is -0.347 e. The summed E-state index contributed by atoms with van der Waals surface area (Å²) in [5, 5.41) is 0. The number of alkyl halides is 4. The van der Waals surface area contributed by atoms with Gasteiger partial charge < -0.3 is 9.47 Å². The van der Waals surface area contributed by atoms with Crippen LogP contribution in [-0.2, 0) is 9.47 Å². The van der Waals surface area contributed by atoms with E-state index in [2.05, 4.69) is 0 Å². The van der Waals surface area contributed by atoms with Gasteiger partial charge in [-0.1, -0.05) is 20.8 Å². The summed E-state index contributed by atoms with van der Waals surface area (Å²) in [4.78, 5) is 0. The Kier molecular flexibility index (Phi) is 3.30. The molecular weight excluding hydrogens is 240 g/mol. The summed E-state index contributed by atoms with van der Waals surface area (Å²) in [6.45, 7) is 6.45. The van der Waals surface area contributed by atoms with Crippen molar-refractivity contribution < 1.29 is 27.0 Å². The van der Waals surface area contributed by atoms with Crippen LogP contribution in [0.5, 0.6) is 0 Å². The van der Waals surface area contributed by atoms with Gasteiger partial charge in [-0.25, -0.2) is 4.39 Å². The Balaban J connectivity index is 3.14. The fraction of sp³-hybridized carbons (Fsp3) is 1.00. The molecule has 0 unspecified atom stereocenters. The molecule has 2 atom stereocenters. The van der Waals surface area contributed by atoms with E-state index in [1.54, 1.807) is 0 Å². The Bertz CT molecular complexity index is 293. The maximum Gasteiger partial charge on any atom is 0.427 e. The molecule has 0 aromatic rings. The van der Waals surface area contributed by atoms with Gasteiger partial charge in [0.25, 0.3) is 5.67 Å². The minimum absolute atomic E-state index is 0.981. The van der Waals surface area contributed by atoms with Crippen molar-refractivity contribution in [2.75, 3.05) is 6.61 Å². The van der Waals surface area contributed by atoms with E-state index >= 15 is 0 Å². The molecule has 1 fully saturated rings. The lowest BCUT2D eigenvalue weighted by atomic mass is 9.78. The van der Waals surface area contributed by atoms with E-state index in [-0.39, 0.29) is 0 Å². The molecule has 0 radical (unpaired) electrons. The summed E-state index contributed by atoms with van der Waals surface area (Å²) in [7, 11) is 0. The molecule has 1 rings (SSSR count). The van der Waals surface area contributed by atoms with Gasteiger partial charge in [-0.05, 0) is 19.3 Å². The molecule has 0 saturated carbocycles.